The summed E-state index contributed by atoms with van der Waals surface area (Å²) in [6, 6.07) is 9.00. The Morgan fingerprint density at radius 1 is 1.14 bits per heavy atom. The van der Waals surface area contributed by atoms with Crippen molar-refractivity contribution in [2.24, 2.45) is 0 Å². The predicted octanol–water partition coefficient (Wildman–Crippen LogP) is 2.83. The van der Waals surface area contributed by atoms with Crippen molar-refractivity contribution >= 4 is 12.0 Å². The Bertz CT molecular complexity index is 496. The molecule has 5 heteroatoms. The summed E-state index contributed by atoms with van der Waals surface area (Å²) in [6.07, 6.45) is 3.69. The van der Waals surface area contributed by atoms with E-state index in [-0.39, 0.29) is 6.04 Å². The van der Waals surface area contributed by atoms with Gasteiger partial charge in [-0.15, -0.1) is 0 Å². The molecule has 1 aliphatic carbocycles. The first kappa shape index (κ1) is 15.4. The minimum absolute atomic E-state index is 0.166. The van der Waals surface area contributed by atoms with Crippen molar-refractivity contribution in [3.8, 4) is 0 Å². The molecule has 1 atom stereocenters. The van der Waals surface area contributed by atoms with Crippen LogP contribution in [0.1, 0.15) is 50.6 Å². The molecule has 0 saturated heterocycles. The number of urea groups is 1. The number of benzene rings is 1. The molecule has 114 valence electrons. The summed E-state index contributed by atoms with van der Waals surface area (Å²) >= 11 is 0. The number of amides is 2. The van der Waals surface area contributed by atoms with Crippen LogP contribution in [0.25, 0.3) is 0 Å². The summed E-state index contributed by atoms with van der Waals surface area (Å²) < 4.78 is 0. The first-order valence-corrected chi connectivity index (χ1v) is 7.40. The van der Waals surface area contributed by atoms with Gasteiger partial charge in [0.25, 0.3) is 0 Å². The second kappa shape index (κ2) is 6.61. The lowest BCUT2D eigenvalue weighted by Crippen LogP contribution is -2.58. The third-order valence-electron chi connectivity index (χ3n) is 4.12. The lowest BCUT2D eigenvalue weighted by molar-refractivity contribution is -0.145. The molecule has 21 heavy (non-hydrogen) atoms. The molecule has 2 amide bonds. The van der Waals surface area contributed by atoms with Gasteiger partial charge in [0.05, 0.1) is 6.04 Å². The summed E-state index contributed by atoms with van der Waals surface area (Å²) in [5.41, 5.74) is -0.126. The van der Waals surface area contributed by atoms with Crippen LogP contribution in [0.5, 0.6) is 0 Å². The van der Waals surface area contributed by atoms with E-state index in [0.29, 0.717) is 12.8 Å². The summed E-state index contributed by atoms with van der Waals surface area (Å²) in [6.45, 7) is 1.88. The largest absolute Gasteiger partial charge is 0.480 e. The average molecular weight is 290 g/mol. The molecule has 1 aromatic rings. The molecule has 1 saturated carbocycles. The molecule has 1 aliphatic rings. The van der Waals surface area contributed by atoms with Crippen LogP contribution in [0, 0.1) is 0 Å². The van der Waals surface area contributed by atoms with E-state index < -0.39 is 17.5 Å². The molecule has 0 spiro atoms. The fourth-order valence-electron chi connectivity index (χ4n) is 2.82. The minimum Gasteiger partial charge on any atom is -0.480 e. The van der Waals surface area contributed by atoms with Gasteiger partial charge in [0.15, 0.2) is 0 Å². The van der Waals surface area contributed by atoms with Crippen molar-refractivity contribution < 1.29 is 14.7 Å². The van der Waals surface area contributed by atoms with Gasteiger partial charge in [0, 0.05) is 0 Å². The number of nitrogens with one attached hydrogen (secondary N) is 2. The Kier molecular flexibility index (Phi) is 4.83. The molecule has 0 heterocycles. The van der Waals surface area contributed by atoms with Crippen LogP contribution < -0.4 is 10.6 Å². The van der Waals surface area contributed by atoms with Gasteiger partial charge in [-0.3, -0.25) is 0 Å². The van der Waals surface area contributed by atoms with Crippen LogP contribution in [0.3, 0.4) is 0 Å². The molecule has 2 rings (SSSR count). The van der Waals surface area contributed by atoms with Crippen molar-refractivity contribution in [1.82, 2.24) is 10.6 Å². The molecular weight excluding hydrogens is 268 g/mol. The summed E-state index contributed by atoms with van der Waals surface area (Å²) in [5, 5.41) is 14.9. The SMILES string of the molecule is CC(NC(=O)NC1(C(=O)O)CCCCC1)c1ccccc1. The summed E-state index contributed by atoms with van der Waals surface area (Å²) in [5.74, 6) is -0.940. The fraction of sp³-hybridized carbons (Fsp3) is 0.500. The lowest BCUT2D eigenvalue weighted by Gasteiger charge is -2.34. The zero-order chi connectivity index (χ0) is 15.3. The minimum atomic E-state index is -1.11. The summed E-state index contributed by atoms with van der Waals surface area (Å²) in [7, 11) is 0. The molecule has 1 unspecified atom stereocenters. The first-order valence-electron chi connectivity index (χ1n) is 7.40. The highest BCUT2D eigenvalue weighted by molar-refractivity contribution is 5.86. The number of hydrogen-bond acceptors (Lipinski definition) is 2. The summed E-state index contributed by atoms with van der Waals surface area (Å²) in [4.78, 5) is 23.6. The second-order valence-corrected chi connectivity index (χ2v) is 5.68. The Morgan fingerprint density at radius 2 is 1.76 bits per heavy atom. The maximum Gasteiger partial charge on any atom is 0.329 e. The monoisotopic (exact) mass is 290 g/mol. The van der Waals surface area contributed by atoms with Crippen molar-refractivity contribution in [2.45, 2.75) is 50.6 Å². The maximum atomic E-state index is 12.1. The smallest absolute Gasteiger partial charge is 0.329 e. The average Bonchev–Trinajstić information content (AvgIpc) is 2.48. The normalized spacial score (nSPS) is 18.5. The number of carboxylic acid groups (broad SMARTS) is 1. The zero-order valence-corrected chi connectivity index (χ0v) is 12.3. The van der Waals surface area contributed by atoms with Crippen molar-refractivity contribution in [2.75, 3.05) is 0 Å². The molecule has 0 radical (unpaired) electrons. The van der Waals surface area contributed by atoms with Gasteiger partial charge in [-0.1, -0.05) is 49.6 Å². The number of carbonyl (C=O) groups is 2. The van der Waals surface area contributed by atoms with Gasteiger partial charge in [-0.25, -0.2) is 9.59 Å². The zero-order valence-electron chi connectivity index (χ0n) is 12.3. The van der Waals surface area contributed by atoms with Crippen LogP contribution in [0.4, 0.5) is 4.79 Å². The standard InChI is InChI=1S/C16H22N2O3/c1-12(13-8-4-2-5-9-13)17-15(21)18-16(14(19)20)10-6-3-7-11-16/h2,4-5,8-9,12H,3,6-7,10-11H2,1H3,(H,19,20)(H2,17,18,21). The molecular formula is C16H22N2O3. The highest BCUT2D eigenvalue weighted by Gasteiger charge is 2.41. The van der Waals surface area contributed by atoms with E-state index in [1.165, 1.54) is 0 Å². The van der Waals surface area contributed by atoms with E-state index in [0.717, 1.165) is 24.8 Å². The van der Waals surface area contributed by atoms with Crippen LogP contribution >= 0.6 is 0 Å². The van der Waals surface area contributed by atoms with E-state index in [2.05, 4.69) is 10.6 Å². The predicted molar refractivity (Wildman–Crippen MR) is 80.0 cm³/mol. The van der Waals surface area contributed by atoms with Gasteiger partial charge in [-0.05, 0) is 25.3 Å². The highest BCUT2D eigenvalue weighted by Crippen LogP contribution is 2.28. The van der Waals surface area contributed by atoms with Crippen LogP contribution in [0.15, 0.2) is 30.3 Å². The van der Waals surface area contributed by atoms with Gasteiger partial charge >= 0.3 is 12.0 Å². The molecule has 5 nitrogen and oxygen atoms in total. The number of hydrogen-bond donors (Lipinski definition) is 3. The van der Waals surface area contributed by atoms with Crippen LogP contribution in [0.2, 0.25) is 0 Å². The van der Waals surface area contributed by atoms with Crippen molar-refractivity contribution in [1.29, 1.82) is 0 Å². The fourth-order valence-corrected chi connectivity index (χ4v) is 2.82. The van der Waals surface area contributed by atoms with E-state index in [9.17, 15) is 14.7 Å². The Balaban J connectivity index is 1.98. The number of rotatable bonds is 4. The van der Waals surface area contributed by atoms with Crippen LogP contribution in [-0.2, 0) is 4.79 Å². The third-order valence-corrected chi connectivity index (χ3v) is 4.12. The van der Waals surface area contributed by atoms with Gasteiger partial charge in [-0.2, -0.15) is 0 Å². The second-order valence-electron chi connectivity index (χ2n) is 5.68. The maximum absolute atomic E-state index is 12.1. The quantitative estimate of drug-likeness (QED) is 0.798. The van der Waals surface area contributed by atoms with Gasteiger partial charge in [0.2, 0.25) is 0 Å². The Hall–Kier alpha value is -2.04. The number of carbonyl (C=O) groups excluding carboxylic acids is 1. The van der Waals surface area contributed by atoms with E-state index >= 15 is 0 Å². The number of carboxylic acids is 1. The third kappa shape index (κ3) is 3.74. The molecule has 3 N–H and O–H groups in total. The molecule has 1 aromatic carbocycles. The van der Waals surface area contributed by atoms with E-state index in [1.807, 2.05) is 37.3 Å². The molecule has 0 aromatic heterocycles. The lowest BCUT2D eigenvalue weighted by atomic mass is 9.82. The topological polar surface area (TPSA) is 78.4 Å². The van der Waals surface area contributed by atoms with Gasteiger partial charge in [0.1, 0.15) is 5.54 Å². The first-order chi connectivity index (χ1) is 10.0. The Labute approximate surface area is 124 Å². The molecule has 1 fully saturated rings. The van der Waals surface area contributed by atoms with Crippen molar-refractivity contribution in [3.05, 3.63) is 35.9 Å². The Morgan fingerprint density at radius 3 is 2.33 bits per heavy atom. The van der Waals surface area contributed by atoms with E-state index in [4.69, 9.17) is 0 Å². The molecule has 0 bridgehead atoms. The van der Waals surface area contributed by atoms with Crippen LogP contribution in [-0.4, -0.2) is 22.6 Å². The van der Waals surface area contributed by atoms with Crippen molar-refractivity contribution in [3.63, 3.8) is 0 Å². The highest BCUT2D eigenvalue weighted by atomic mass is 16.4. The molecule has 0 aliphatic heterocycles. The van der Waals surface area contributed by atoms with Gasteiger partial charge < -0.3 is 15.7 Å². The number of aliphatic carboxylic acids is 1. The van der Waals surface area contributed by atoms with E-state index in [1.54, 1.807) is 0 Å².